The molecule has 1 N–H and O–H groups in total. The summed E-state index contributed by atoms with van der Waals surface area (Å²) in [6, 6.07) is 6.32. The maximum absolute atomic E-state index is 10.5. The summed E-state index contributed by atoms with van der Waals surface area (Å²) in [6.45, 7) is 11.8. The lowest BCUT2D eigenvalue weighted by molar-refractivity contribution is 0.0702. The minimum Gasteiger partial charge on any atom is -0.387 e. The minimum absolute atomic E-state index is 0.360. The van der Waals surface area contributed by atoms with Gasteiger partial charge in [0.2, 0.25) is 0 Å². The number of hydrogen-bond acceptors (Lipinski definition) is 2. The first kappa shape index (κ1) is 14.5. The van der Waals surface area contributed by atoms with E-state index < -0.39 is 0 Å². The SMILES string of the molecule is Cc1ccc(C(O)CN2CCC(C)C(C)C2)c(C)c1. The summed E-state index contributed by atoms with van der Waals surface area (Å²) >= 11 is 0. The molecule has 1 fully saturated rings. The molecule has 2 rings (SSSR count). The molecule has 0 spiro atoms. The van der Waals surface area contributed by atoms with Crippen LogP contribution in [-0.4, -0.2) is 29.6 Å². The topological polar surface area (TPSA) is 23.5 Å². The molecule has 3 unspecified atom stereocenters. The summed E-state index contributed by atoms with van der Waals surface area (Å²) in [7, 11) is 0. The second kappa shape index (κ2) is 6.06. The van der Waals surface area contributed by atoms with Crippen LogP contribution in [0.25, 0.3) is 0 Å². The lowest BCUT2D eigenvalue weighted by Crippen LogP contribution is -2.40. The number of rotatable bonds is 3. The molecule has 2 heteroatoms. The lowest BCUT2D eigenvalue weighted by atomic mass is 9.88. The zero-order chi connectivity index (χ0) is 14.0. The highest BCUT2D eigenvalue weighted by atomic mass is 16.3. The van der Waals surface area contributed by atoms with E-state index in [9.17, 15) is 5.11 Å². The molecule has 3 atom stereocenters. The van der Waals surface area contributed by atoms with Crippen LogP contribution < -0.4 is 0 Å². The maximum atomic E-state index is 10.5. The van der Waals surface area contributed by atoms with Crippen molar-refractivity contribution in [1.82, 2.24) is 4.90 Å². The molecular weight excluding hydrogens is 234 g/mol. The van der Waals surface area contributed by atoms with Crippen molar-refractivity contribution in [2.75, 3.05) is 19.6 Å². The van der Waals surface area contributed by atoms with Gasteiger partial charge < -0.3 is 10.0 Å². The smallest absolute Gasteiger partial charge is 0.0919 e. The van der Waals surface area contributed by atoms with Crippen molar-refractivity contribution >= 4 is 0 Å². The second-order valence-electron chi connectivity index (χ2n) is 6.38. The van der Waals surface area contributed by atoms with Crippen LogP contribution in [0.15, 0.2) is 18.2 Å². The van der Waals surface area contributed by atoms with E-state index in [-0.39, 0.29) is 6.10 Å². The molecule has 0 radical (unpaired) electrons. The highest BCUT2D eigenvalue weighted by Crippen LogP contribution is 2.25. The first-order valence-electron chi connectivity index (χ1n) is 7.45. The maximum Gasteiger partial charge on any atom is 0.0919 e. The van der Waals surface area contributed by atoms with Crippen molar-refractivity contribution in [2.24, 2.45) is 11.8 Å². The zero-order valence-corrected chi connectivity index (χ0v) is 12.7. The van der Waals surface area contributed by atoms with Crippen molar-refractivity contribution in [3.8, 4) is 0 Å². The molecule has 1 aromatic rings. The number of aliphatic hydroxyl groups excluding tert-OH is 1. The number of likely N-dealkylation sites (tertiary alicyclic amines) is 1. The molecule has 1 aromatic carbocycles. The average molecular weight is 261 g/mol. The van der Waals surface area contributed by atoms with Gasteiger partial charge in [-0.25, -0.2) is 0 Å². The zero-order valence-electron chi connectivity index (χ0n) is 12.7. The van der Waals surface area contributed by atoms with Gasteiger partial charge in [0.05, 0.1) is 6.10 Å². The largest absolute Gasteiger partial charge is 0.387 e. The van der Waals surface area contributed by atoms with E-state index in [2.05, 4.69) is 50.8 Å². The van der Waals surface area contributed by atoms with Crippen LogP contribution in [0.1, 0.15) is 43.1 Å². The Kier molecular flexibility index (Phi) is 4.64. The van der Waals surface area contributed by atoms with Gasteiger partial charge in [0.1, 0.15) is 0 Å². The van der Waals surface area contributed by atoms with E-state index >= 15 is 0 Å². The van der Waals surface area contributed by atoms with Gasteiger partial charge in [-0.3, -0.25) is 0 Å². The van der Waals surface area contributed by atoms with E-state index in [0.717, 1.165) is 37.0 Å². The summed E-state index contributed by atoms with van der Waals surface area (Å²) in [5.74, 6) is 1.55. The Hall–Kier alpha value is -0.860. The van der Waals surface area contributed by atoms with Crippen LogP contribution in [0.2, 0.25) is 0 Å². The van der Waals surface area contributed by atoms with Gasteiger partial charge in [-0.1, -0.05) is 37.6 Å². The Labute approximate surface area is 117 Å². The van der Waals surface area contributed by atoms with Crippen LogP contribution in [0.4, 0.5) is 0 Å². The van der Waals surface area contributed by atoms with Gasteiger partial charge in [-0.2, -0.15) is 0 Å². The van der Waals surface area contributed by atoms with Crippen LogP contribution in [0.5, 0.6) is 0 Å². The van der Waals surface area contributed by atoms with Crippen molar-refractivity contribution in [3.63, 3.8) is 0 Å². The van der Waals surface area contributed by atoms with Crippen LogP contribution in [0.3, 0.4) is 0 Å². The van der Waals surface area contributed by atoms with Crippen LogP contribution in [-0.2, 0) is 0 Å². The quantitative estimate of drug-likeness (QED) is 0.902. The standard InChI is InChI=1S/C17H27NO/c1-12-5-6-16(14(3)9-12)17(19)11-18-8-7-13(2)15(4)10-18/h5-6,9,13,15,17,19H,7-8,10-11H2,1-4H3. The predicted molar refractivity (Wildman–Crippen MR) is 80.3 cm³/mol. The van der Waals surface area contributed by atoms with Crippen LogP contribution in [0, 0.1) is 25.7 Å². The Morgan fingerprint density at radius 1 is 1.26 bits per heavy atom. The van der Waals surface area contributed by atoms with Gasteiger partial charge >= 0.3 is 0 Å². The van der Waals surface area contributed by atoms with Gasteiger partial charge in [-0.15, -0.1) is 0 Å². The number of hydrogen-bond donors (Lipinski definition) is 1. The molecule has 0 aliphatic carbocycles. The first-order valence-corrected chi connectivity index (χ1v) is 7.45. The number of benzene rings is 1. The third kappa shape index (κ3) is 3.58. The molecule has 106 valence electrons. The number of aryl methyl sites for hydroxylation is 2. The monoisotopic (exact) mass is 261 g/mol. The van der Waals surface area contributed by atoms with Crippen LogP contribution >= 0.6 is 0 Å². The van der Waals surface area contributed by atoms with E-state index in [1.54, 1.807) is 0 Å². The third-order valence-electron chi connectivity index (χ3n) is 4.63. The molecule has 19 heavy (non-hydrogen) atoms. The lowest BCUT2D eigenvalue weighted by Gasteiger charge is -2.36. The van der Waals surface area contributed by atoms with Gasteiger partial charge in [-0.05, 0) is 49.8 Å². The molecule has 1 saturated heterocycles. The molecule has 0 bridgehead atoms. The fourth-order valence-electron chi connectivity index (χ4n) is 3.06. The van der Waals surface area contributed by atoms with E-state index in [1.165, 1.54) is 17.5 Å². The Bertz CT molecular complexity index is 429. The first-order chi connectivity index (χ1) is 8.97. The second-order valence-corrected chi connectivity index (χ2v) is 6.38. The number of β-amino-alcohol motifs (C(OH)–C–C–N with tert-alkyl or cyclic N) is 1. The summed E-state index contributed by atoms with van der Waals surface area (Å²) in [6.07, 6.45) is 0.891. The minimum atomic E-state index is -0.360. The summed E-state index contributed by atoms with van der Waals surface area (Å²) in [5.41, 5.74) is 3.54. The molecular formula is C17H27NO. The fraction of sp³-hybridized carbons (Fsp3) is 0.647. The predicted octanol–water partition coefficient (Wildman–Crippen LogP) is 3.31. The number of aliphatic hydroxyl groups is 1. The highest BCUT2D eigenvalue weighted by Gasteiger charge is 2.24. The highest BCUT2D eigenvalue weighted by molar-refractivity contribution is 5.32. The van der Waals surface area contributed by atoms with Gasteiger partial charge in [0.15, 0.2) is 0 Å². The summed E-state index contributed by atoms with van der Waals surface area (Å²) < 4.78 is 0. The molecule has 1 aliphatic rings. The number of nitrogens with zero attached hydrogens (tertiary/aromatic N) is 1. The van der Waals surface area contributed by atoms with E-state index in [0.29, 0.717) is 0 Å². The van der Waals surface area contributed by atoms with Crippen molar-refractivity contribution in [1.29, 1.82) is 0 Å². The molecule has 0 amide bonds. The summed E-state index contributed by atoms with van der Waals surface area (Å²) in [5, 5.41) is 10.5. The molecule has 2 nitrogen and oxygen atoms in total. The molecule has 1 heterocycles. The van der Waals surface area contributed by atoms with Gasteiger partial charge in [0, 0.05) is 13.1 Å². The Morgan fingerprint density at radius 3 is 2.63 bits per heavy atom. The number of piperidine rings is 1. The van der Waals surface area contributed by atoms with Crippen molar-refractivity contribution in [2.45, 2.75) is 40.2 Å². The van der Waals surface area contributed by atoms with Crippen molar-refractivity contribution in [3.05, 3.63) is 34.9 Å². The summed E-state index contributed by atoms with van der Waals surface area (Å²) in [4.78, 5) is 2.41. The third-order valence-corrected chi connectivity index (χ3v) is 4.63. The van der Waals surface area contributed by atoms with E-state index in [4.69, 9.17) is 0 Å². The fourth-order valence-corrected chi connectivity index (χ4v) is 3.06. The average Bonchev–Trinajstić information content (AvgIpc) is 2.33. The molecule has 1 aliphatic heterocycles. The Morgan fingerprint density at radius 2 is 2.00 bits per heavy atom. The molecule has 0 aromatic heterocycles. The normalized spacial score (nSPS) is 26.4. The van der Waals surface area contributed by atoms with E-state index in [1.807, 2.05) is 0 Å². The molecule has 0 saturated carbocycles. The van der Waals surface area contributed by atoms with Crippen molar-refractivity contribution < 1.29 is 5.11 Å². The Balaban J connectivity index is 1.99. The van der Waals surface area contributed by atoms with Gasteiger partial charge in [0.25, 0.3) is 0 Å².